The van der Waals surface area contributed by atoms with E-state index in [0.717, 1.165) is 62.6 Å². The minimum atomic E-state index is -0.320. The summed E-state index contributed by atoms with van der Waals surface area (Å²) < 4.78 is 1.07. The Hall–Kier alpha value is -1.13. The second-order valence-corrected chi connectivity index (χ2v) is 9.04. The molecule has 3 nitrogen and oxygen atoms in total. The summed E-state index contributed by atoms with van der Waals surface area (Å²) in [5, 5.41) is 3.41. The van der Waals surface area contributed by atoms with Gasteiger partial charge in [0.15, 0.2) is 0 Å². The third-order valence-electron chi connectivity index (χ3n) is 5.97. The van der Waals surface area contributed by atoms with Crippen molar-refractivity contribution in [2.75, 3.05) is 19.6 Å². The molecule has 0 radical (unpaired) electrons. The first kappa shape index (κ1) is 19.6. The van der Waals surface area contributed by atoms with Crippen LogP contribution in [0.2, 0.25) is 0 Å². The molecule has 1 N–H and O–H groups in total. The number of amides is 1. The minimum Gasteiger partial charge on any atom is -0.353 e. The predicted octanol–water partition coefficient (Wildman–Crippen LogP) is 4.81. The molecular weight excluding hydrogens is 388 g/mol. The Bertz CT molecular complexity index is 635. The Kier molecular flexibility index (Phi) is 6.57. The van der Waals surface area contributed by atoms with Gasteiger partial charge in [-0.05, 0) is 57.2 Å². The lowest BCUT2D eigenvalue weighted by atomic mass is 9.77. The average molecular weight is 419 g/mol. The molecule has 1 aliphatic heterocycles. The standard InChI is InChI=1S/C22H31BrN2O/c1-17(2)9-14-25-15-10-20(11-16-25)24-21(26)22(12-3-4-13-22)18-5-7-19(23)8-6-18/h5-9,20H,3-4,10-16H2,1-2H3,(H,24,26). The van der Waals surface area contributed by atoms with Gasteiger partial charge in [0.1, 0.15) is 0 Å². The monoisotopic (exact) mass is 418 g/mol. The van der Waals surface area contributed by atoms with Crippen LogP contribution in [-0.4, -0.2) is 36.5 Å². The zero-order chi connectivity index (χ0) is 18.6. The fourth-order valence-corrected chi connectivity index (χ4v) is 4.55. The average Bonchev–Trinajstić information content (AvgIpc) is 3.13. The zero-order valence-corrected chi connectivity index (χ0v) is 17.6. The van der Waals surface area contributed by atoms with Crippen molar-refractivity contribution in [1.82, 2.24) is 10.2 Å². The van der Waals surface area contributed by atoms with Gasteiger partial charge in [-0.1, -0.05) is 52.6 Å². The number of carbonyl (C=O) groups is 1. The third-order valence-corrected chi connectivity index (χ3v) is 6.50. The van der Waals surface area contributed by atoms with Crippen molar-refractivity contribution in [2.24, 2.45) is 0 Å². The molecule has 1 saturated carbocycles. The van der Waals surface area contributed by atoms with E-state index in [1.165, 1.54) is 11.1 Å². The van der Waals surface area contributed by atoms with Gasteiger partial charge in [-0.3, -0.25) is 9.69 Å². The fraction of sp³-hybridized carbons (Fsp3) is 0.591. The smallest absolute Gasteiger partial charge is 0.230 e. The maximum absolute atomic E-state index is 13.3. The highest BCUT2D eigenvalue weighted by Gasteiger charge is 2.43. The molecule has 1 amide bonds. The van der Waals surface area contributed by atoms with E-state index in [4.69, 9.17) is 0 Å². The summed E-state index contributed by atoms with van der Waals surface area (Å²) in [4.78, 5) is 15.8. The van der Waals surface area contributed by atoms with Gasteiger partial charge in [0.05, 0.1) is 5.41 Å². The highest BCUT2D eigenvalue weighted by Crippen LogP contribution is 2.42. The Morgan fingerprint density at radius 1 is 1.19 bits per heavy atom. The van der Waals surface area contributed by atoms with E-state index in [1.54, 1.807) is 0 Å². The molecule has 2 fully saturated rings. The Labute approximate surface area is 166 Å². The second kappa shape index (κ2) is 8.71. The van der Waals surface area contributed by atoms with Crippen molar-refractivity contribution in [3.8, 4) is 0 Å². The summed E-state index contributed by atoms with van der Waals surface area (Å²) in [7, 11) is 0. The van der Waals surface area contributed by atoms with Crippen molar-refractivity contribution < 1.29 is 4.79 Å². The minimum absolute atomic E-state index is 0.250. The van der Waals surface area contributed by atoms with Crippen LogP contribution in [0.25, 0.3) is 0 Å². The van der Waals surface area contributed by atoms with Crippen LogP contribution in [0.3, 0.4) is 0 Å². The van der Waals surface area contributed by atoms with Crippen LogP contribution in [0, 0.1) is 0 Å². The SMILES string of the molecule is CC(C)=CCN1CCC(NC(=O)C2(c3ccc(Br)cc3)CCCC2)CC1. The second-order valence-electron chi connectivity index (χ2n) is 8.13. The third kappa shape index (κ3) is 4.58. The Morgan fingerprint density at radius 2 is 1.81 bits per heavy atom. The van der Waals surface area contributed by atoms with Crippen LogP contribution in [0.4, 0.5) is 0 Å². The number of benzene rings is 1. The van der Waals surface area contributed by atoms with Crippen LogP contribution in [-0.2, 0) is 10.2 Å². The molecule has 4 heteroatoms. The summed E-state index contributed by atoms with van der Waals surface area (Å²) in [6.45, 7) is 7.47. The van der Waals surface area contributed by atoms with Gasteiger partial charge in [-0.25, -0.2) is 0 Å². The lowest BCUT2D eigenvalue weighted by Gasteiger charge is -2.35. The molecule has 2 aliphatic rings. The van der Waals surface area contributed by atoms with Gasteiger partial charge in [-0.2, -0.15) is 0 Å². The molecule has 3 rings (SSSR count). The lowest BCUT2D eigenvalue weighted by Crippen LogP contribution is -2.50. The molecule has 26 heavy (non-hydrogen) atoms. The van der Waals surface area contributed by atoms with E-state index in [2.05, 4.69) is 70.3 Å². The number of carbonyl (C=O) groups excluding carboxylic acids is 1. The number of piperidine rings is 1. The van der Waals surface area contributed by atoms with Crippen LogP contribution >= 0.6 is 15.9 Å². The number of hydrogen-bond acceptors (Lipinski definition) is 2. The van der Waals surface area contributed by atoms with E-state index < -0.39 is 0 Å². The first-order valence-corrected chi connectivity index (χ1v) is 10.7. The van der Waals surface area contributed by atoms with E-state index in [9.17, 15) is 4.79 Å². The highest BCUT2D eigenvalue weighted by molar-refractivity contribution is 9.10. The van der Waals surface area contributed by atoms with Crippen LogP contribution < -0.4 is 5.32 Å². The van der Waals surface area contributed by atoms with Crippen LogP contribution in [0.1, 0.15) is 57.9 Å². The maximum Gasteiger partial charge on any atom is 0.230 e. The molecule has 0 spiro atoms. The largest absolute Gasteiger partial charge is 0.353 e. The number of likely N-dealkylation sites (tertiary alicyclic amines) is 1. The quantitative estimate of drug-likeness (QED) is 0.695. The number of nitrogens with zero attached hydrogens (tertiary/aromatic N) is 1. The van der Waals surface area contributed by atoms with Gasteiger partial charge >= 0.3 is 0 Å². The summed E-state index contributed by atoms with van der Waals surface area (Å²) in [5.41, 5.74) is 2.23. The zero-order valence-electron chi connectivity index (χ0n) is 16.1. The first-order chi connectivity index (χ1) is 12.5. The van der Waals surface area contributed by atoms with Gasteiger partial charge in [0.2, 0.25) is 5.91 Å². The molecule has 1 aromatic carbocycles. The molecule has 0 aromatic heterocycles. The maximum atomic E-state index is 13.3. The van der Waals surface area contributed by atoms with E-state index >= 15 is 0 Å². The van der Waals surface area contributed by atoms with Crippen molar-refractivity contribution >= 4 is 21.8 Å². The molecule has 0 atom stereocenters. The van der Waals surface area contributed by atoms with Crippen molar-refractivity contribution in [3.05, 3.63) is 46.0 Å². The highest BCUT2D eigenvalue weighted by atomic mass is 79.9. The van der Waals surface area contributed by atoms with Gasteiger partial charge in [-0.15, -0.1) is 0 Å². The number of nitrogens with one attached hydrogen (secondary N) is 1. The molecular formula is C22H31BrN2O. The number of hydrogen-bond donors (Lipinski definition) is 1. The normalized spacial score (nSPS) is 20.7. The van der Waals surface area contributed by atoms with E-state index in [-0.39, 0.29) is 11.3 Å². The topological polar surface area (TPSA) is 32.3 Å². The fourth-order valence-electron chi connectivity index (χ4n) is 4.29. The van der Waals surface area contributed by atoms with Gasteiger partial charge < -0.3 is 5.32 Å². The first-order valence-electron chi connectivity index (χ1n) is 9.92. The van der Waals surface area contributed by atoms with Crippen molar-refractivity contribution in [1.29, 1.82) is 0 Å². The number of allylic oxidation sites excluding steroid dienone is 1. The lowest BCUT2D eigenvalue weighted by molar-refractivity contribution is -0.127. The summed E-state index contributed by atoms with van der Waals surface area (Å²) in [6.07, 6.45) is 8.63. The molecule has 0 bridgehead atoms. The molecule has 1 aromatic rings. The van der Waals surface area contributed by atoms with E-state index in [0.29, 0.717) is 6.04 Å². The summed E-state index contributed by atoms with van der Waals surface area (Å²) in [6, 6.07) is 8.68. The molecule has 0 unspecified atom stereocenters. The van der Waals surface area contributed by atoms with Gasteiger partial charge in [0.25, 0.3) is 0 Å². The predicted molar refractivity (Wildman–Crippen MR) is 111 cm³/mol. The van der Waals surface area contributed by atoms with Crippen LogP contribution in [0.5, 0.6) is 0 Å². The van der Waals surface area contributed by atoms with Gasteiger partial charge in [0, 0.05) is 30.1 Å². The number of rotatable bonds is 5. The van der Waals surface area contributed by atoms with Crippen molar-refractivity contribution in [3.63, 3.8) is 0 Å². The Morgan fingerprint density at radius 3 is 2.38 bits per heavy atom. The van der Waals surface area contributed by atoms with Crippen LogP contribution in [0.15, 0.2) is 40.4 Å². The van der Waals surface area contributed by atoms with E-state index in [1.807, 2.05) is 0 Å². The molecule has 1 aliphatic carbocycles. The molecule has 142 valence electrons. The number of halogens is 1. The molecule has 1 heterocycles. The Balaban J connectivity index is 1.61. The summed E-state index contributed by atoms with van der Waals surface area (Å²) in [5.74, 6) is 0.250. The van der Waals surface area contributed by atoms with Crippen molar-refractivity contribution in [2.45, 2.75) is 63.8 Å². The summed E-state index contributed by atoms with van der Waals surface area (Å²) >= 11 is 3.51. The molecule has 1 saturated heterocycles.